The molecular formula is CH9AlCaO6Si. The molecule has 0 aromatic carbocycles. The first-order chi connectivity index (χ1) is 3.46. The van der Waals surface area contributed by atoms with Crippen molar-refractivity contribution >= 4 is 70.4 Å². The molecule has 0 rings (SSSR count). The van der Waals surface area contributed by atoms with Gasteiger partial charge >= 0.3 is 53.1 Å². The van der Waals surface area contributed by atoms with Crippen LogP contribution in [0.4, 0.5) is 4.79 Å². The SMILES string of the molecule is O=C(O)O.O=[Si](O)O.[AlH3].[Ca+2].[H-].[H-]. The van der Waals surface area contributed by atoms with E-state index in [0.29, 0.717) is 0 Å². The molecule has 0 atom stereocenters. The Hall–Kier alpha value is 0.679. The van der Waals surface area contributed by atoms with Gasteiger partial charge in [0, 0.05) is 0 Å². The minimum atomic E-state index is -3.13. The Balaban J connectivity index is -0.0000000112. The van der Waals surface area contributed by atoms with E-state index in [9.17, 15) is 0 Å². The van der Waals surface area contributed by atoms with Gasteiger partial charge in [-0.3, -0.25) is 4.46 Å². The Morgan fingerprint density at radius 2 is 1.30 bits per heavy atom. The second-order valence-electron chi connectivity index (χ2n) is 0.565. The summed E-state index contributed by atoms with van der Waals surface area (Å²) in [5.74, 6) is 0. The molecule has 0 saturated heterocycles. The van der Waals surface area contributed by atoms with Crippen LogP contribution in [-0.2, 0) is 4.46 Å². The molecule has 0 heterocycles. The molecule has 58 valence electrons. The summed E-state index contributed by atoms with van der Waals surface area (Å²) < 4.78 is 8.74. The number of rotatable bonds is 0. The fourth-order valence-electron chi connectivity index (χ4n) is 0. The number of carboxylic acid groups (broad SMARTS) is 2. The molecule has 0 aromatic heterocycles. The molecule has 0 amide bonds. The molecule has 4 N–H and O–H groups in total. The van der Waals surface area contributed by atoms with E-state index in [0.717, 1.165) is 0 Å². The maximum Gasteiger partial charge on any atom is 2.00 e. The van der Waals surface area contributed by atoms with Gasteiger partial charge in [-0.15, -0.1) is 0 Å². The van der Waals surface area contributed by atoms with Crippen LogP contribution in [0, 0.1) is 0 Å². The van der Waals surface area contributed by atoms with Gasteiger partial charge in [-0.2, -0.15) is 0 Å². The fourth-order valence-corrected chi connectivity index (χ4v) is 0. The van der Waals surface area contributed by atoms with E-state index in [2.05, 4.69) is 0 Å². The van der Waals surface area contributed by atoms with Crippen molar-refractivity contribution in [3.8, 4) is 0 Å². The average molecular weight is 212 g/mol. The monoisotopic (exact) mass is 212 g/mol. The summed E-state index contributed by atoms with van der Waals surface area (Å²) in [5.41, 5.74) is 0. The van der Waals surface area contributed by atoms with Crippen LogP contribution in [0.3, 0.4) is 0 Å². The van der Waals surface area contributed by atoms with Gasteiger partial charge in [-0.25, -0.2) is 4.79 Å². The van der Waals surface area contributed by atoms with Gasteiger partial charge in [-0.05, 0) is 0 Å². The molecule has 9 heteroatoms. The van der Waals surface area contributed by atoms with Crippen molar-refractivity contribution in [3.63, 3.8) is 0 Å². The molecule has 0 radical (unpaired) electrons. The molecule has 0 bridgehead atoms. The summed E-state index contributed by atoms with van der Waals surface area (Å²) >= 11 is 0. The standard InChI is InChI=1S/CH2O3.Al.Ca.H2O3Si.5H/c2-1(3)4;;;1-4(2)3;;;;;/h(H2,2,3,4);;;1-2H;;;;;/q;;+2;;;;;2*-1. The van der Waals surface area contributed by atoms with Gasteiger partial charge in [0.15, 0.2) is 17.4 Å². The minimum absolute atomic E-state index is 0. The molecule has 0 fully saturated rings. The molecule has 6 nitrogen and oxygen atoms in total. The van der Waals surface area contributed by atoms with Crippen LogP contribution in [0.5, 0.6) is 0 Å². The molecule has 0 aliphatic carbocycles. The zero-order chi connectivity index (χ0) is 7.15. The molecule has 10 heavy (non-hydrogen) atoms. The predicted octanol–water partition coefficient (Wildman–Crippen LogP) is -2.73. The normalized spacial score (nSPS) is 4.80. The van der Waals surface area contributed by atoms with Crippen LogP contribution < -0.4 is 0 Å². The Morgan fingerprint density at radius 3 is 1.30 bits per heavy atom. The fraction of sp³-hybridized carbons (Fsp3) is 0. The summed E-state index contributed by atoms with van der Waals surface area (Å²) in [6, 6.07) is 0. The van der Waals surface area contributed by atoms with Gasteiger partial charge in [0.1, 0.15) is 0 Å². The van der Waals surface area contributed by atoms with E-state index < -0.39 is 15.3 Å². The van der Waals surface area contributed by atoms with Gasteiger partial charge < -0.3 is 22.7 Å². The first kappa shape index (κ1) is 22.4. The van der Waals surface area contributed by atoms with Crippen molar-refractivity contribution < 1.29 is 31.9 Å². The van der Waals surface area contributed by atoms with Crippen LogP contribution >= 0.6 is 0 Å². The Morgan fingerprint density at radius 1 is 1.30 bits per heavy atom. The van der Waals surface area contributed by atoms with Gasteiger partial charge in [0.05, 0.1) is 0 Å². The van der Waals surface area contributed by atoms with Crippen molar-refractivity contribution in [2.24, 2.45) is 0 Å². The minimum Gasteiger partial charge on any atom is -1.00 e. The second kappa shape index (κ2) is 16.3. The third kappa shape index (κ3) is 1110. The molecule has 0 unspecified atom stereocenters. The van der Waals surface area contributed by atoms with Gasteiger partial charge in [-0.1, -0.05) is 0 Å². The zero-order valence-electron chi connectivity index (χ0n) is 6.31. The molecule has 0 saturated carbocycles. The van der Waals surface area contributed by atoms with Crippen molar-refractivity contribution in [1.29, 1.82) is 0 Å². The van der Waals surface area contributed by atoms with Crippen LogP contribution in [0.15, 0.2) is 0 Å². The van der Waals surface area contributed by atoms with Crippen molar-refractivity contribution in [2.75, 3.05) is 0 Å². The van der Waals surface area contributed by atoms with E-state index in [1.807, 2.05) is 0 Å². The largest absolute Gasteiger partial charge is 2.00 e. The summed E-state index contributed by atoms with van der Waals surface area (Å²) in [7, 11) is -3.13. The van der Waals surface area contributed by atoms with Crippen molar-refractivity contribution in [2.45, 2.75) is 0 Å². The molecule has 0 aromatic rings. The van der Waals surface area contributed by atoms with E-state index in [4.69, 9.17) is 29.1 Å². The second-order valence-corrected chi connectivity index (χ2v) is 1.13. The number of hydrogen-bond donors (Lipinski definition) is 4. The number of hydrogen-bond acceptors (Lipinski definition) is 2. The first-order valence-electron chi connectivity index (χ1n) is 1.30. The van der Waals surface area contributed by atoms with Crippen LogP contribution in [-0.4, -0.2) is 90.2 Å². The maximum absolute atomic E-state index is 8.74. The summed E-state index contributed by atoms with van der Waals surface area (Å²) in [5, 5.41) is 13.9. The van der Waals surface area contributed by atoms with Crippen LogP contribution in [0.1, 0.15) is 2.85 Å². The molecule has 0 aliphatic heterocycles. The van der Waals surface area contributed by atoms with Crippen molar-refractivity contribution in [1.82, 2.24) is 0 Å². The summed E-state index contributed by atoms with van der Waals surface area (Å²) in [6.45, 7) is 0. The predicted molar refractivity (Wildman–Crippen MR) is 39.4 cm³/mol. The zero-order valence-corrected chi connectivity index (χ0v) is 7.52. The van der Waals surface area contributed by atoms with Crippen LogP contribution in [0.2, 0.25) is 0 Å². The molecular weight excluding hydrogens is 203 g/mol. The van der Waals surface area contributed by atoms with E-state index in [1.54, 1.807) is 0 Å². The molecule has 0 spiro atoms. The Bertz CT molecular complexity index is 83.5. The van der Waals surface area contributed by atoms with Crippen LogP contribution in [0.25, 0.3) is 0 Å². The Labute approximate surface area is 101 Å². The van der Waals surface area contributed by atoms with E-state index in [1.165, 1.54) is 0 Å². The molecule has 0 aliphatic rings. The Kier molecular flexibility index (Phi) is 36.7. The number of carbonyl (C=O) groups is 1. The topological polar surface area (TPSA) is 115 Å². The summed E-state index contributed by atoms with van der Waals surface area (Å²) in [4.78, 5) is 22.9. The van der Waals surface area contributed by atoms with E-state index in [-0.39, 0.29) is 58.0 Å². The maximum atomic E-state index is 8.74. The summed E-state index contributed by atoms with van der Waals surface area (Å²) in [6.07, 6.45) is -1.83. The smallest absolute Gasteiger partial charge is 1.00 e. The first-order valence-corrected chi connectivity index (χ1v) is 2.61. The van der Waals surface area contributed by atoms with E-state index >= 15 is 0 Å². The van der Waals surface area contributed by atoms with Crippen molar-refractivity contribution in [3.05, 3.63) is 0 Å². The third-order valence-electron chi connectivity index (χ3n) is 0. The van der Waals surface area contributed by atoms with Gasteiger partial charge in [0.2, 0.25) is 0 Å². The average Bonchev–Trinajstić information content (AvgIpc) is 1.25. The van der Waals surface area contributed by atoms with Gasteiger partial charge in [0.25, 0.3) is 0 Å². The quantitative estimate of drug-likeness (QED) is 0.324. The third-order valence-corrected chi connectivity index (χ3v) is 0.